The van der Waals surface area contributed by atoms with Crippen LogP contribution in [0.3, 0.4) is 0 Å². The van der Waals surface area contributed by atoms with E-state index in [1.807, 2.05) is 18.2 Å². The second-order valence-corrected chi connectivity index (χ2v) is 5.32. The molecule has 0 radical (unpaired) electrons. The summed E-state index contributed by atoms with van der Waals surface area (Å²) < 4.78 is 0. The standard InChI is InChI=1S/C14H21N3O2/c1-14(2,9-12(16)18)17-13(19)7-6-10-4-3-5-11(15)8-10/h3-5,8H,6-7,9,15H2,1-2H3,(H2,16,18)(H,17,19). The maximum atomic E-state index is 11.8. The quantitative estimate of drug-likeness (QED) is 0.667. The highest BCUT2D eigenvalue weighted by Crippen LogP contribution is 2.11. The van der Waals surface area contributed by atoms with Gasteiger partial charge in [0.15, 0.2) is 0 Å². The topological polar surface area (TPSA) is 98.2 Å². The summed E-state index contributed by atoms with van der Waals surface area (Å²) in [4.78, 5) is 22.7. The number of benzene rings is 1. The number of carbonyl (C=O) groups is 2. The van der Waals surface area contributed by atoms with Crippen molar-refractivity contribution in [3.8, 4) is 0 Å². The molecule has 0 aliphatic heterocycles. The van der Waals surface area contributed by atoms with Crippen molar-refractivity contribution >= 4 is 17.5 Å². The van der Waals surface area contributed by atoms with Crippen molar-refractivity contribution in [2.75, 3.05) is 5.73 Å². The summed E-state index contributed by atoms with van der Waals surface area (Å²) in [5.41, 5.74) is 11.9. The van der Waals surface area contributed by atoms with E-state index in [4.69, 9.17) is 11.5 Å². The van der Waals surface area contributed by atoms with Gasteiger partial charge in [0.1, 0.15) is 0 Å². The Kier molecular flexibility index (Phi) is 4.92. The first-order chi connectivity index (χ1) is 8.78. The zero-order valence-corrected chi connectivity index (χ0v) is 11.4. The fraction of sp³-hybridized carbons (Fsp3) is 0.429. The molecule has 0 aliphatic carbocycles. The molecule has 0 fully saturated rings. The highest BCUT2D eigenvalue weighted by Gasteiger charge is 2.22. The minimum absolute atomic E-state index is 0.103. The van der Waals surface area contributed by atoms with Crippen molar-refractivity contribution in [1.82, 2.24) is 5.32 Å². The Bertz CT molecular complexity index is 470. The van der Waals surface area contributed by atoms with E-state index in [2.05, 4.69) is 5.32 Å². The number of hydrogen-bond acceptors (Lipinski definition) is 3. The van der Waals surface area contributed by atoms with Gasteiger partial charge < -0.3 is 16.8 Å². The van der Waals surface area contributed by atoms with Gasteiger partial charge in [-0.3, -0.25) is 9.59 Å². The predicted molar refractivity (Wildman–Crippen MR) is 75.2 cm³/mol. The number of primary amides is 1. The van der Waals surface area contributed by atoms with Gasteiger partial charge in [0.25, 0.3) is 0 Å². The highest BCUT2D eigenvalue weighted by atomic mass is 16.2. The Morgan fingerprint density at radius 2 is 2.00 bits per heavy atom. The van der Waals surface area contributed by atoms with E-state index < -0.39 is 11.4 Å². The zero-order chi connectivity index (χ0) is 14.5. The van der Waals surface area contributed by atoms with Crippen LogP contribution >= 0.6 is 0 Å². The van der Waals surface area contributed by atoms with E-state index >= 15 is 0 Å². The van der Waals surface area contributed by atoms with Crippen molar-refractivity contribution in [3.63, 3.8) is 0 Å². The average molecular weight is 263 g/mol. The molecule has 19 heavy (non-hydrogen) atoms. The smallest absolute Gasteiger partial charge is 0.220 e. The number of carbonyl (C=O) groups excluding carboxylic acids is 2. The lowest BCUT2D eigenvalue weighted by Gasteiger charge is -2.24. The second-order valence-electron chi connectivity index (χ2n) is 5.32. The van der Waals surface area contributed by atoms with E-state index in [0.29, 0.717) is 18.5 Å². The largest absolute Gasteiger partial charge is 0.399 e. The third-order valence-corrected chi connectivity index (χ3v) is 2.69. The van der Waals surface area contributed by atoms with Crippen molar-refractivity contribution < 1.29 is 9.59 Å². The third-order valence-electron chi connectivity index (χ3n) is 2.69. The zero-order valence-electron chi connectivity index (χ0n) is 11.4. The van der Waals surface area contributed by atoms with Crippen molar-refractivity contribution in [2.45, 2.75) is 38.6 Å². The van der Waals surface area contributed by atoms with Crippen molar-refractivity contribution in [2.24, 2.45) is 5.73 Å². The lowest BCUT2D eigenvalue weighted by atomic mass is 9.99. The first-order valence-electron chi connectivity index (χ1n) is 6.22. The van der Waals surface area contributed by atoms with Crippen LogP contribution in [0, 0.1) is 0 Å². The lowest BCUT2D eigenvalue weighted by molar-refractivity contribution is -0.123. The van der Waals surface area contributed by atoms with Crippen LogP contribution in [-0.4, -0.2) is 17.4 Å². The number of nitrogen functional groups attached to an aromatic ring is 1. The Balaban J connectivity index is 2.46. The van der Waals surface area contributed by atoms with Crippen LogP contribution < -0.4 is 16.8 Å². The number of amides is 2. The molecule has 0 unspecified atom stereocenters. The Morgan fingerprint density at radius 3 is 2.58 bits per heavy atom. The van der Waals surface area contributed by atoms with Crippen LogP contribution in [0.2, 0.25) is 0 Å². The average Bonchev–Trinajstić information content (AvgIpc) is 2.24. The third kappa shape index (κ3) is 5.90. The minimum Gasteiger partial charge on any atom is -0.399 e. The van der Waals surface area contributed by atoms with Crippen LogP contribution in [0.15, 0.2) is 24.3 Å². The monoisotopic (exact) mass is 263 g/mol. The minimum atomic E-state index is -0.612. The highest BCUT2D eigenvalue weighted by molar-refractivity contribution is 5.79. The van der Waals surface area contributed by atoms with Crippen LogP contribution in [0.1, 0.15) is 32.3 Å². The second kappa shape index (κ2) is 6.22. The molecule has 0 saturated carbocycles. The first-order valence-corrected chi connectivity index (χ1v) is 6.22. The van der Waals surface area contributed by atoms with E-state index in [9.17, 15) is 9.59 Å². The van der Waals surface area contributed by atoms with Gasteiger partial charge in [0.2, 0.25) is 11.8 Å². The Labute approximate surface area is 113 Å². The fourth-order valence-corrected chi connectivity index (χ4v) is 1.93. The molecule has 5 N–H and O–H groups in total. The van der Waals surface area contributed by atoms with Crippen molar-refractivity contribution in [1.29, 1.82) is 0 Å². The summed E-state index contributed by atoms with van der Waals surface area (Å²) in [6.45, 7) is 3.55. The SMILES string of the molecule is CC(C)(CC(N)=O)NC(=O)CCc1cccc(N)c1. The molecule has 0 aliphatic rings. The van der Waals surface area contributed by atoms with E-state index in [-0.39, 0.29) is 12.3 Å². The van der Waals surface area contributed by atoms with Gasteiger partial charge in [0, 0.05) is 24.1 Å². The Morgan fingerprint density at radius 1 is 1.32 bits per heavy atom. The molecule has 1 rings (SSSR count). The summed E-state index contributed by atoms with van der Waals surface area (Å²) in [6.07, 6.45) is 1.09. The maximum absolute atomic E-state index is 11.8. The summed E-state index contributed by atoms with van der Waals surface area (Å²) in [6, 6.07) is 7.44. The molecule has 1 aromatic rings. The molecule has 5 nitrogen and oxygen atoms in total. The van der Waals surface area contributed by atoms with Crippen LogP contribution in [0.4, 0.5) is 5.69 Å². The number of aryl methyl sites for hydroxylation is 1. The number of rotatable bonds is 6. The van der Waals surface area contributed by atoms with Gasteiger partial charge in [-0.15, -0.1) is 0 Å². The number of anilines is 1. The molecule has 0 atom stereocenters. The summed E-state index contributed by atoms with van der Waals surface area (Å²) >= 11 is 0. The van der Waals surface area contributed by atoms with E-state index in [1.165, 1.54) is 0 Å². The van der Waals surface area contributed by atoms with Crippen molar-refractivity contribution in [3.05, 3.63) is 29.8 Å². The molecular formula is C14H21N3O2. The van der Waals surface area contributed by atoms with Gasteiger partial charge in [-0.1, -0.05) is 12.1 Å². The van der Waals surface area contributed by atoms with Gasteiger partial charge in [-0.05, 0) is 38.0 Å². The molecule has 1 aromatic carbocycles. The maximum Gasteiger partial charge on any atom is 0.220 e. The van der Waals surface area contributed by atoms with Crippen LogP contribution in [-0.2, 0) is 16.0 Å². The molecule has 0 saturated heterocycles. The normalized spacial score (nSPS) is 11.1. The first kappa shape index (κ1) is 15.0. The summed E-state index contributed by atoms with van der Waals surface area (Å²) in [5, 5.41) is 2.80. The molecule has 0 bridgehead atoms. The van der Waals surface area contributed by atoms with Gasteiger partial charge in [-0.25, -0.2) is 0 Å². The number of hydrogen-bond donors (Lipinski definition) is 3. The van der Waals surface area contributed by atoms with E-state index in [0.717, 1.165) is 5.56 Å². The van der Waals surface area contributed by atoms with Gasteiger partial charge >= 0.3 is 0 Å². The van der Waals surface area contributed by atoms with Gasteiger partial charge in [0.05, 0.1) is 0 Å². The molecule has 0 spiro atoms. The lowest BCUT2D eigenvalue weighted by Crippen LogP contribution is -2.46. The molecule has 5 heteroatoms. The van der Waals surface area contributed by atoms with Gasteiger partial charge in [-0.2, -0.15) is 0 Å². The van der Waals surface area contributed by atoms with Crippen LogP contribution in [0.25, 0.3) is 0 Å². The molecule has 0 aromatic heterocycles. The summed E-state index contributed by atoms with van der Waals surface area (Å²) in [5.74, 6) is -0.533. The number of nitrogens with one attached hydrogen (secondary N) is 1. The van der Waals surface area contributed by atoms with Crippen LogP contribution in [0.5, 0.6) is 0 Å². The molecule has 0 heterocycles. The predicted octanol–water partition coefficient (Wildman–Crippen LogP) is 0.972. The Hall–Kier alpha value is -2.04. The molecule has 2 amide bonds. The van der Waals surface area contributed by atoms with E-state index in [1.54, 1.807) is 19.9 Å². The fourth-order valence-electron chi connectivity index (χ4n) is 1.93. The molecular weight excluding hydrogens is 242 g/mol. The summed E-state index contributed by atoms with van der Waals surface area (Å²) in [7, 11) is 0. The molecule has 104 valence electrons. The number of nitrogens with two attached hydrogens (primary N) is 2.